The lowest BCUT2D eigenvalue weighted by molar-refractivity contribution is -0.123. The minimum atomic E-state index is -3.73. The van der Waals surface area contributed by atoms with Gasteiger partial charge in [0.05, 0.1) is 4.90 Å². The van der Waals surface area contributed by atoms with Gasteiger partial charge in [-0.25, -0.2) is 13.6 Å². The third-order valence-corrected chi connectivity index (χ3v) is 2.76. The molecule has 0 saturated heterocycles. The van der Waals surface area contributed by atoms with E-state index in [2.05, 4.69) is 5.32 Å². The first-order valence-corrected chi connectivity index (χ1v) is 5.97. The Hall–Kier alpha value is -1.44. The van der Waals surface area contributed by atoms with Gasteiger partial charge in [0, 0.05) is 5.69 Å². The Morgan fingerprint density at radius 1 is 1.38 bits per heavy atom. The van der Waals surface area contributed by atoms with Crippen molar-refractivity contribution >= 4 is 21.6 Å². The number of aliphatic hydroxyl groups excluding tert-OH is 1. The zero-order chi connectivity index (χ0) is 12.3. The summed E-state index contributed by atoms with van der Waals surface area (Å²) in [6.07, 6.45) is -1.13. The molecule has 4 N–H and O–H groups in total. The van der Waals surface area contributed by atoms with E-state index in [4.69, 9.17) is 10.2 Å². The van der Waals surface area contributed by atoms with Gasteiger partial charge in [-0.05, 0) is 31.2 Å². The molecular formula is C9H12N2O4S. The molecule has 0 bridgehead atoms. The minimum absolute atomic E-state index is 0.0393. The van der Waals surface area contributed by atoms with Crippen LogP contribution in [0.5, 0.6) is 0 Å². The minimum Gasteiger partial charge on any atom is -0.384 e. The van der Waals surface area contributed by atoms with E-state index in [1.54, 1.807) is 0 Å². The molecule has 0 aliphatic rings. The predicted molar refractivity (Wildman–Crippen MR) is 58.1 cm³/mol. The fourth-order valence-corrected chi connectivity index (χ4v) is 1.49. The summed E-state index contributed by atoms with van der Waals surface area (Å²) in [6, 6.07) is 5.32. The number of nitrogens with one attached hydrogen (secondary N) is 1. The molecule has 0 heterocycles. The van der Waals surface area contributed by atoms with Crippen molar-refractivity contribution in [2.75, 3.05) is 5.32 Å². The average molecular weight is 244 g/mol. The van der Waals surface area contributed by atoms with Crippen LogP contribution >= 0.6 is 0 Å². The van der Waals surface area contributed by atoms with Crippen molar-refractivity contribution in [3.05, 3.63) is 24.3 Å². The van der Waals surface area contributed by atoms with E-state index in [1.165, 1.54) is 31.2 Å². The SMILES string of the molecule is C[C@H](O)C(=O)Nc1ccc(S(N)(=O)=O)cc1. The van der Waals surface area contributed by atoms with Crippen molar-refractivity contribution in [1.82, 2.24) is 0 Å². The molecule has 1 amide bonds. The Bertz CT molecular complexity index is 479. The number of carbonyl (C=O) groups is 1. The fraction of sp³-hybridized carbons (Fsp3) is 0.222. The van der Waals surface area contributed by atoms with Crippen LogP contribution in [0.25, 0.3) is 0 Å². The number of rotatable bonds is 3. The van der Waals surface area contributed by atoms with Gasteiger partial charge in [0.25, 0.3) is 5.91 Å². The summed E-state index contributed by atoms with van der Waals surface area (Å²) in [5.41, 5.74) is 0.387. The molecule has 0 fully saturated rings. The second-order valence-electron chi connectivity index (χ2n) is 3.23. The van der Waals surface area contributed by atoms with Gasteiger partial charge in [0.1, 0.15) is 6.10 Å². The summed E-state index contributed by atoms with van der Waals surface area (Å²) in [4.78, 5) is 11.1. The van der Waals surface area contributed by atoms with Gasteiger partial charge in [0.15, 0.2) is 0 Å². The number of primary sulfonamides is 1. The number of anilines is 1. The van der Waals surface area contributed by atoms with Crippen LogP contribution < -0.4 is 10.5 Å². The lowest BCUT2D eigenvalue weighted by Crippen LogP contribution is -2.24. The zero-order valence-corrected chi connectivity index (χ0v) is 9.36. The first-order chi connectivity index (χ1) is 7.30. The molecule has 1 rings (SSSR count). The monoisotopic (exact) mass is 244 g/mol. The highest BCUT2D eigenvalue weighted by atomic mass is 32.2. The molecule has 0 radical (unpaired) electrons. The van der Waals surface area contributed by atoms with Gasteiger partial charge >= 0.3 is 0 Å². The van der Waals surface area contributed by atoms with Gasteiger partial charge in [-0.1, -0.05) is 0 Å². The smallest absolute Gasteiger partial charge is 0.252 e. The first kappa shape index (κ1) is 12.6. The molecule has 1 atom stereocenters. The molecule has 7 heteroatoms. The van der Waals surface area contributed by atoms with Gasteiger partial charge in [0.2, 0.25) is 10.0 Å². The third-order valence-electron chi connectivity index (χ3n) is 1.83. The van der Waals surface area contributed by atoms with Crippen molar-refractivity contribution < 1.29 is 18.3 Å². The van der Waals surface area contributed by atoms with Crippen molar-refractivity contribution in [3.63, 3.8) is 0 Å². The Kier molecular flexibility index (Phi) is 3.63. The molecule has 88 valence electrons. The summed E-state index contributed by atoms with van der Waals surface area (Å²) in [5.74, 6) is -0.566. The Morgan fingerprint density at radius 2 is 1.88 bits per heavy atom. The highest BCUT2D eigenvalue weighted by Gasteiger charge is 2.10. The van der Waals surface area contributed by atoms with E-state index in [0.717, 1.165) is 0 Å². The van der Waals surface area contributed by atoms with Crippen LogP contribution in [-0.2, 0) is 14.8 Å². The van der Waals surface area contributed by atoms with Crippen LogP contribution in [0.3, 0.4) is 0 Å². The Morgan fingerprint density at radius 3 is 2.25 bits per heavy atom. The van der Waals surface area contributed by atoms with Gasteiger partial charge in [-0.3, -0.25) is 4.79 Å². The second-order valence-corrected chi connectivity index (χ2v) is 4.80. The van der Waals surface area contributed by atoms with Crippen molar-refractivity contribution in [2.24, 2.45) is 5.14 Å². The molecule has 0 spiro atoms. The molecule has 0 saturated carbocycles. The summed E-state index contributed by atoms with van der Waals surface area (Å²) >= 11 is 0. The predicted octanol–water partition coefficient (Wildman–Crippen LogP) is -0.347. The van der Waals surface area contributed by atoms with Crippen LogP contribution in [-0.4, -0.2) is 25.5 Å². The highest BCUT2D eigenvalue weighted by molar-refractivity contribution is 7.89. The topological polar surface area (TPSA) is 109 Å². The normalized spacial score (nSPS) is 13.2. The first-order valence-electron chi connectivity index (χ1n) is 4.42. The number of nitrogens with two attached hydrogens (primary N) is 1. The number of amides is 1. The van der Waals surface area contributed by atoms with E-state index in [0.29, 0.717) is 5.69 Å². The van der Waals surface area contributed by atoms with E-state index >= 15 is 0 Å². The molecule has 0 aliphatic heterocycles. The van der Waals surface area contributed by atoms with Gasteiger partial charge < -0.3 is 10.4 Å². The molecule has 6 nitrogen and oxygen atoms in total. The van der Waals surface area contributed by atoms with Crippen LogP contribution in [0.1, 0.15) is 6.92 Å². The summed E-state index contributed by atoms with van der Waals surface area (Å²) in [5, 5.41) is 16.2. The molecular weight excluding hydrogens is 232 g/mol. The summed E-state index contributed by atoms with van der Waals surface area (Å²) < 4.78 is 21.9. The zero-order valence-electron chi connectivity index (χ0n) is 8.54. The Labute approximate surface area is 93.1 Å². The maximum absolute atomic E-state index is 11.1. The van der Waals surface area contributed by atoms with Gasteiger partial charge in [-0.15, -0.1) is 0 Å². The van der Waals surface area contributed by atoms with E-state index in [9.17, 15) is 13.2 Å². The third kappa shape index (κ3) is 3.30. The lowest BCUT2D eigenvalue weighted by Gasteiger charge is -2.07. The number of hydrogen-bond donors (Lipinski definition) is 3. The standard InChI is InChI=1S/C9H12N2O4S/c1-6(12)9(13)11-7-2-4-8(5-3-7)16(10,14)15/h2-6,12H,1H3,(H,11,13)(H2,10,14,15)/t6-/m0/s1. The number of aliphatic hydroxyl groups is 1. The maximum atomic E-state index is 11.1. The van der Waals surface area contributed by atoms with Crippen LogP contribution in [0.2, 0.25) is 0 Å². The molecule has 16 heavy (non-hydrogen) atoms. The molecule has 0 unspecified atom stereocenters. The summed E-state index contributed by atoms with van der Waals surface area (Å²) in [7, 11) is -3.73. The highest BCUT2D eigenvalue weighted by Crippen LogP contribution is 2.12. The molecule has 1 aromatic carbocycles. The molecule has 0 aliphatic carbocycles. The number of benzene rings is 1. The number of carbonyl (C=O) groups excluding carboxylic acids is 1. The fourth-order valence-electron chi connectivity index (χ4n) is 0.975. The van der Waals surface area contributed by atoms with Crippen molar-refractivity contribution in [1.29, 1.82) is 0 Å². The van der Waals surface area contributed by atoms with E-state index in [-0.39, 0.29) is 4.90 Å². The van der Waals surface area contributed by atoms with Crippen LogP contribution in [0.15, 0.2) is 29.2 Å². The quantitative estimate of drug-likeness (QED) is 0.675. The lowest BCUT2D eigenvalue weighted by atomic mass is 10.3. The van der Waals surface area contributed by atoms with Crippen molar-refractivity contribution in [3.8, 4) is 0 Å². The Balaban J connectivity index is 2.84. The summed E-state index contributed by atoms with van der Waals surface area (Å²) in [6.45, 7) is 1.33. The van der Waals surface area contributed by atoms with Gasteiger partial charge in [-0.2, -0.15) is 0 Å². The van der Waals surface area contributed by atoms with Crippen LogP contribution in [0, 0.1) is 0 Å². The number of sulfonamides is 1. The van der Waals surface area contributed by atoms with E-state index in [1.807, 2.05) is 0 Å². The maximum Gasteiger partial charge on any atom is 0.252 e. The van der Waals surface area contributed by atoms with Crippen LogP contribution in [0.4, 0.5) is 5.69 Å². The van der Waals surface area contributed by atoms with E-state index < -0.39 is 22.0 Å². The molecule has 1 aromatic rings. The van der Waals surface area contributed by atoms with Crippen molar-refractivity contribution in [2.45, 2.75) is 17.9 Å². The second kappa shape index (κ2) is 4.60. The average Bonchev–Trinajstić information content (AvgIpc) is 2.17. The number of hydrogen-bond acceptors (Lipinski definition) is 4. The largest absolute Gasteiger partial charge is 0.384 e. The molecule has 0 aromatic heterocycles.